The van der Waals surface area contributed by atoms with Crippen molar-refractivity contribution in [1.82, 2.24) is 20.2 Å². The highest BCUT2D eigenvalue weighted by atomic mass is 16.4. The molecular formula is C24H29N5O2. The van der Waals surface area contributed by atoms with Crippen molar-refractivity contribution in [2.24, 2.45) is 5.92 Å². The average Bonchev–Trinajstić information content (AvgIpc) is 3.28. The van der Waals surface area contributed by atoms with Gasteiger partial charge in [0.15, 0.2) is 5.58 Å². The van der Waals surface area contributed by atoms with E-state index in [0.717, 1.165) is 74.5 Å². The molecule has 0 radical (unpaired) electrons. The minimum atomic E-state index is 0.123. The molecule has 7 nitrogen and oxygen atoms in total. The normalized spacial score (nSPS) is 19.0. The summed E-state index contributed by atoms with van der Waals surface area (Å²) in [6.45, 7) is 4.51. The van der Waals surface area contributed by atoms with E-state index in [0.29, 0.717) is 12.6 Å². The number of likely N-dealkylation sites (tertiary alicyclic amines) is 1. The number of piperidine rings is 2. The molecule has 162 valence electrons. The maximum Gasteiger partial charge on any atom is 0.298 e. The van der Waals surface area contributed by atoms with Crippen molar-refractivity contribution in [3.8, 4) is 0 Å². The molecular weight excluding hydrogens is 390 g/mol. The van der Waals surface area contributed by atoms with Crippen LogP contribution in [-0.2, 0) is 11.3 Å². The van der Waals surface area contributed by atoms with E-state index >= 15 is 0 Å². The number of rotatable bonds is 5. The van der Waals surface area contributed by atoms with Gasteiger partial charge in [-0.25, -0.2) is 0 Å². The van der Waals surface area contributed by atoms with Crippen molar-refractivity contribution in [1.29, 1.82) is 0 Å². The fraction of sp³-hybridized carbons (Fsp3) is 0.458. The molecule has 5 rings (SSSR count). The van der Waals surface area contributed by atoms with E-state index in [1.54, 1.807) is 12.4 Å². The number of nitrogens with one attached hydrogen (secondary N) is 1. The Kier molecular flexibility index (Phi) is 5.84. The van der Waals surface area contributed by atoms with E-state index in [2.05, 4.69) is 25.1 Å². The highest BCUT2D eigenvalue weighted by Gasteiger charge is 2.31. The summed E-state index contributed by atoms with van der Waals surface area (Å²) in [6.07, 6.45) is 7.61. The number of para-hydroxylation sites is 2. The lowest BCUT2D eigenvalue weighted by Gasteiger charge is -2.41. The first-order chi connectivity index (χ1) is 15.3. The van der Waals surface area contributed by atoms with Crippen molar-refractivity contribution in [2.75, 3.05) is 31.1 Å². The highest BCUT2D eigenvalue weighted by molar-refractivity contribution is 5.78. The molecule has 1 amide bonds. The first-order valence-electron chi connectivity index (χ1n) is 11.3. The minimum Gasteiger partial charge on any atom is -0.423 e. The number of fused-ring (bicyclic) bond motifs is 1. The predicted molar refractivity (Wildman–Crippen MR) is 120 cm³/mol. The number of amides is 1. The van der Waals surface area contributed by atoms with Gasteiger partial charge in [0.1, 0.15) is 5.52 Å². The molecule has 7 heteroatoms. The van der Waals surface area contributed by atoms with Crippen molar-refractivity contribution in [3.05, 3.63) is 54.4 Å². The van der Waals surface area contributed by atoms with Crippen LogP contribution in [0, 0.1) is 5.92 Å². The van der Waals surface area contributed by atoms with Crippen molar-refractivity contribution in [2.45, 2.75) is 38.3 Å². The van der Waals surface area contributed by atoms with Crippen LogP contribution in [0.15, 0.2) is 53.2 Å². The van der Waals surface area contributed by atoms with Gasteiger partial charge in [-0.15, -0.1) is 0 Å². The number of benzene rings is 1. The molecule has 2 aromatic heterocycles. The SMILES string of the molecule is O=C(NCc1ccncc1)C1CCN(C2CCN(c3nc4ccccc4o3)CC2)CC1. The lowest BCUT2D eigenvalue weighted by atomic mass is 9.93. The standard InChI is InChI=1S/C24H29N5O2/c30-23(26-17-18-5-11-25-12-6-18)19-7-13-28(14-8-19)20-9-15-29(16-10-20)24-27-21-3-1-2-4-22(21)31-24/h1-6,11-12,19-20H,7-10,13-17H2,(H,26,30). The summed E-state index contributed by atoms with van der Waals surface area (Å²) in [4.78, 5) is 26.1. The zero-order valence-corrected chi connectivity index (χ0v) is 17.7. The zero-order valence-electron chi connectivity index (χ0n) is 17.7. The van der Waals surface area contributed by atoms with Gasteiger partial charge < -0.3 is 19.5 Å². The van der Waals surface area contributed by atoms with Gasteiger partial charge in [-0.3, -0.25) is 9.78 Å². The Morgan fingerprint density at radius 2 is 1.74 bits per heavy atom. The molecule has 0 unspecified atom stereocenters. The Labute approximate surface area is 182 Å². The van der Waals surface area contributed by atoms with Gasteiger partial charge in [0.2, 0.25) is 5.91 Å². The van der Waals surface area contributed by atoms with E-state index in [4.69, 9.17) is 4.42 Å². The quantitative estimate of drug-likeness (QED) is 0.685. The van der Waals surface area contributed by atoms with Gasteiger partial charge in [0.05, 0.1) is 0 Å². The molecule has 31 heavy (non-hydrogen) atoms. The fourth-order valence-electron chi connectivity index (χ4n) is 4.78. The molecule has 1 aromatic carbocycles. The van der Waals surface area contributed by atoms with Gasteiger partial charge in [0.25, 0.3) is 6.01 Å². The summed E-state index contributed by atoms with van der Waals surface area (Å²) in [5.41, 5.74) is 2.86. The third-order valence-electron chi connectivity index (χ3n) is 6.65. The number of hydrogen-bond donors (Lipinski definition) is 1. The van der Waals surface area contributed by atoms with Crippen LogP contribution in [-0.4, -0.2) is 53.0 Å². The van der Waals surface area contributed by atoms with Crippen molar-refractivity contribution < 1.29 is 9.21 Å². The first kappa shape index (κ1) is 20.0. The molecule has 4 heterocycles. The molecule has 0 saturated carbocycles. The third kappa shape index (κ3) is 4.56. The Morgan fingerprint density at radius 3 is 2.48 bits per heavy atom. The van der Waals surface area contributed by atoms with Gasteiger partial charge in [0, 0.05) is 44.0 Å². The van der Waals surface area contributed by atoms with E-state index < -0.39 is 0 Å². The first-order valence-corrected chi connectivity index (χ1v) is 11.3. The lowest BCUT2D eigenvalue weighted by Crippen LogP contribution is -2.49. The number of oxazole rings is 1. The Balaban J connectivity index is 1.08. The van der Waals surface area contributed by atoms with Crippen LogP contribution < -0.4 is 10.2 Å². The number of pyridine rings is 1. The summed E-state index contributed by atoms with van der Waals surface area (Å²) in [6, 6.07) is 13.1. The minimum absolute atomic E-state index is 0.123. The van der Waals surface area contributed by atoms with E-state index in [1.165, 1.54) is 0 Å². The topological polar surface area (TPSA) is 74.5 Å². The maximum absolute atomic E-state index is 12.6. The maximum atomic E-state index is 12.6. The second-order valence-electron chi connectivity index (χ2n) is 8.57. The van der Waals surface area contributed by atoms with E-state index in [1.807, 2.05) is 36.4 Å². The Hall–Kier alpha value is -2.93. The summed E-state index contributed by atoms with van der Waals surface area (Å²) < 4.78 is 5.94. The summed E-state index contributed by atoms with van der Waals surface area (Å²) in [5.74, 6) is 0.306. The predicted octanol–water partition coefficient (Wildman–Crippen LogP) is 3.22. The zero-order chi connectivity index (χ0) is 21.0. The number of hydrogen-bond acceptors (Lipinski definition) is 6. The number of carbonyl (C=O) groups is 1. The number of aromatic nitrogens is 2. The second kappa shape index (κ2) is 9.06. The molecule has 2 aliphatic rings. The van der Waals surface area contributed by atoms with Gasteiger partial charge in [-0.05, 0) is 68.6 Å². The van der Waals surface area contributed by atoms with Crippen LogP contribution in [0.5, 0.6) is 0 Å². The number of anilines is 1. The fourth-order valence-corrected chi connectivity index (χ4v) is 4.78. The molecule has 2 aliphatic heterocycles. The molecule has 0 atom stereocenters. The van der Waals surface area contributed by atoms with E-state index in [-0.39, 0.29) is 11.8 Å². The van der Waals surface area contributed by atoms with Crippen LogP contribution in [0.1, 0.15) is 31.2 Å². The second-order valence-corrected chi connectivity index (χ2v) is 8.57. The Morgan fingerprint density at radius 1 is 1.00 bits per heavy atom. The van der Waals surface area contributed by atoms with Crippen molar-refractivity contribution in [3.63, 3.8) is 0 Å². The molecule has 0 aliphatic carbocycles. The summed E-state index contributed by atoms with van der Waals surface area (Å²) >= 11 is 0. The highest BCUT2D eigenvalue weighted by Crippen LogP contribution is 2.28. The monoisotopic (exact) mass is 419 g/mol. The molecule has 0 bridgehead atoms. The average molecular weight is 420 g/mol. The van der Waals surface area contributed by atoms with Crippen LogP contribution in [0.3, 0.4) is 0 Å². The summed E-state index contributed by atoms with van der Waals surface area (Å²) in [5, 5.41) is 3.09. The van der Waals surface area contributed by atoms with Gasteiger partial charge in [-0.1, -0.05) is 12.1 Å². The van der Waals surface area contributed by atoms with Gasteiger partial charge in [-0.2, -0.15) is 4.98 Å². The van der Waals surface area contributed by atoms with Crippen LogP contribution in [0.4, 0.5) is 6.01 Å². The van der Waals surface area contributed by atoms with Crippen LogP contribution >= 0.6 is 0 Å². The molecule has 1 N–H and O–H groups in total. The molecule has 0 spiro atoms. The van der Waals surface area contributed by atoms with Crippen LogP contribution in [0.25, 0.3) is 11.1 Å². The molecule has 3 aromatic rings. The number of carbonyl (C=O) groups excluding carboxylic acids is 1. The number of nitrogens with zero attached hydrogens (tertiary/aromatic N) is 4. The van der Waals surface area contributed by atoms with Crippen LogP contribution in [0.2, 0.25) is 0 Å². The van der Waals surface area contributed by atoms with Crippen molar-refractivity contribution >= 4 is 23.0 Å². The van der Waals surface area contributed by atoms with E-state index in [9.17, 15) is 4.79 Å². The molecule has 2 saturated heterocycles. The lowest BCUT2D eigenvalue weighted by molar-refractivity contribution is -0.126. The van der Waals surface area contributed by atoms with Gasteiger partial charge >= 0.3 is 0 Å². The Bertz CT molecular complexity index is 972. The largest absolute Gasteiger partial charge is 0.423 e. The summed E-state index contributed by atoms with van der Waals surface area (Å²) in [7, 11) is 0. The smallest absolute Gasteiger partial charge is 0.298 e. The molecule has 2 fully saturated rings. The third-order valence-corrected chi connectivity index (χ3v) is 6.65.